The normalized spacial score (nSPS) is 14.0. The van der Waals surface area contributed by atoms with Crippen LogP contribution in [-0.4, -0.2) is 36.4 Å². The quantitative estimate of drug-likeness (QED) is 0.631. The zero-order valence-electron chi connectivity index (χ0n) is 15.3. The van der Waals surface area contributed by atoms with E-state index in [-0.39, 0.29) is 42.5 Å². The molecule has 154 valence electrons. The number of thiazole rings is 1. The Labute approximate surface area is 180 Å². The van der Waals surface area contributed by atoms with E-state index in [4.69, 9.17) is 11.5 Å². The summed E-state index contributed by atoms with van der Waals surface area (Å²) in [5.41, 5.74) is 13.0. The molecule has 2 heterocycles. The Kier molecular flexibility index (Phi) is 9.68. The number of nitrogens with two attached hydrogens (primary N) is 2. The molecule has 0 aliphatic carbocycles. The van der Waals surface area contributed by atoms with E-state index >= 15 is 0 Å². The Morgan fingerprint density at radius 2 is 1.89 bits per heavy atom. The van der Waals surface area contributed by atoms with Crippen molar-refractivity contribution in [1.29, 1.82) is 0 Å². The number of para-hydroxylation sites is 2. The molecule has 5 N–H and O–H groups in total. The van der Waals surface area contributed by atoms with Crippen LogP contribution < -0.4 is 21.7 Å². The number of aromatic nitrogens is 1. The lowest BCUT2D eigenvalue weighted by Gasteiger charge is -2.33. The summed E-state index contributed by atoms with van der Waals surface area (Å²) in [4.78, 5) is 30.4. The van der Waals surface area contributed by atoms with Crippen molar-refractivity contribution in [3.05, 3.63) is 40.3 Å². The molecule has 0 spiro atoms. The van der Waals surface area contributed by atoms with Crippen LogP contribution in [0.25, 0.3) is 0 Å². The number of nitrogens with zero attached hydrogens (tertiary/aromatic N) is 2. The van der Waals surface area contributed by atoms with Gasteiger partial charge in [0, 0.05) is 30.8 Å². The predicted octanol–water partition coefficient (Wildman–Crippen LogP) is 2.44. The van der Waals surface area contributed by atoms with Crippen molar-refractivity contribution in [2.24, 2.45) is 17.4 Å². The van der Waals surface area contributed by atoms with Crippen LogP contribution in [0.15, 0.2) is 29.6 Å². The number of benzene rings is 1. The van der Waals surface area contributed by atoms with Crippen LogP contribution in [0.1, 0.15) is 28.3 Å². The number of rotatable bonds is 6. The first-order valence-corrected chi connectivity index (χ1v) is 9.55. The molecule has 1 saturated heterocycles. The number of halogens is 2. The zero-order chi connectivity index (χ0) is 18.5. The highest BCUT2D eigenvalue weighted by molar-refractivity contribution is 7.09. The third-order valence-corrected chi connectivity index (χ3v) is 5.44. The highest BCUT2D eigenvalue weighted by atomic mass is 35.5. The Morgan fingerprint density at radius 3 is 2.54 bits per heavy atom. The number of nitrogens with one attached hydrogen (secondary N) is 1. The van der Waals surface area contributed by atoms with Crippen molar-refractivity contribution in [1.82, 2.24) is 4.98 Å². The van der Waals surface area contributed by atoms with E-state index in [9.17, 15) is 9.59 Å². The van der Waals surface area contributed by atoms with Crippen molar-refractivity contribution in [2.75, 3.05) is 29.9 Å². The number of carbonyl (C=O) groups excluding carboxylic acids is 2. The Bertz CT molecular complexity index is 794. The summed E-state index contributed by atoms with van der Waals surface area (Å²) in [5, 5.41) is 5.57. The molecule has 1 aliphatic rings. The third kappa shape index (κ3) is 5.81. The zero-order valence-corrected chi connectivity index (χ0v) is 17.7. The topological polar surface area (TPSA) is 114 Å². The van der Waals surface area contributed by atoms with Gasteiger partial charge in [-0.25, -0.2) is 4.98 Å². The first-order valence-electron chi connectivity index (χ1n) is 8.67. The molecule has 3 rings (SSSR count). The van der Waals surface area contributed by atoms with E-state index in [1.54, 1.807) is 5.38 Å². The molecule has 0 atom stereocenters. The van der Waals surface area contributed by atoms with E-state index < -0.39 is 0 Å². The van der Waals surface area contributed by atoms with Gasteiger partial charge in [-0.3, -0.25) is 9.59 Å². The standard InChI is InChI=1S/C18H23N5O2S.2ClH/c19-8-5-16-21-14(11-26-16)18(25)22-13-3-1-2-4-15(13)23-9-6-12(7-10-23)17(20)24;;/h1-4,11-12H,5-10,19H2,(H2,20,24)(H,22,25);2*1H. The molecule has 0 bridgehead atoms. The molecule has 1 aliphatic heterocycles. The number of piperidine rings is 1. The minimum atomic E-state index is -0.233. The molecule has 0 radical (unpaired) electrons. The minimum Gasteiger partial charge on any atom is -0.370 e. The SMILES string of the molecule is Cl.Cl.NCCc1nc(C(=O)Nc2ccccc2N2CCC(C(N)=O)CC2)cs1. The van der Waals surface area contributed by atoms with Crippen molar-refractivity contribution < 1.29 is 9.59 Å². The summed E-state index contributed by atoms with van der Waals surface area (Å²) in [7, 11) is 0. The molecule has 7 nitrogen and oxygen atoms in total. The molecular weight excluding hydrogens is 421 g/mol. The highest BCUT2D eigenvalue weighted by Crippen LogP contribution is 2.30. The van der Waals surface area contributed by atoms with Crippen LogP contribution in [0.4, 0.5) is 11.4 Å². The van der Waals surface area contributed by atoms with Gasteiger partial charge in [-0.15, -0.1) is 36.2 Å². The van der Waals surface area contributed by atoms with E-state index in [1.807, 2.05) is 24.3 Å². The fourth-order valence-corrected chi connectivity index (χ4v) is 3.89. The van der Waals surface area contributed by atoms with Crippen molar-refractivity contribution in [3.63, 3.8) is 0 Å². The molecule has 2 aromatic rings. The minimum absolute atomic E-state index is 0. The Morgan fingerprint density at radius 1 is 1.21 bits per heavy atom. The van der Waals surface area contributed by atoms with Gasteiger partial charge in [0.15, 0.2) is 0 Å². The summed E-state index contributed by atoms with van der Waals surface area (Å²) >= 11 is 1.44. The maximum Gasteiger partial charge on any atom is 0.275 e. The van der Waals surface area contributed by atoms with E-state index in [2.05, 4.69) is 15.2 Å². The number of anilines is 2. The smallest absolute Gasteiger partial charge is 0.275 e. The number of hydrogen-bond acceptors (Lipinski definition) is 6. The maximum absolute atomic E-state index is 12.5. The van der Waals surface area contributed by atoms with Crippen LogP contribution in [0.5, 0.6) is 0 Å². The van der Waals surface area contributed by atoms with Gasteiger partial charge in [0.1, 0.15) is 5.69 Å². The second-order valence-electron chi connectivity index (χ2n) is 6.30. The maximum atomic E-state index is 12.5. The second-order valence-corrected chi connectivity index (χ2v) is 7.24. The van der Waals surface area contributed by atoms with Crippen LogP contribution in [0.3, 0.4) is 0 Å². The lowest BCUT2D eigenvalue weighted by Crippen LogP contribution is -2.38. The molecule has 0 saturated carbocycles. The molecular formula is C18H25Cl2N5O2S. The molecule has 1 aromatic heterocycles. The van der Waals surface area contributed by atoms with Gasteiger partial charge in [0.25, 0.3) is 5.91 Å². The molecule has 10 heteroatoms. The lowest BCUT2D eigenvalue weighted by molar-refractivity contribution is -0.122. The Hall–Kier alpha value is -1.87. The Balaban J connectivity index is 0.00000196. The van der Waals surface area contributed by atoms with Gasteiger partial charge in [-0.2, -0.15) is 0 Å². The van der Waals surface area contributed by atoms with Crippen molar-refractivity contribution in [3.8, 4) is 0 Å². The van der Waals surface area contributed by atoms with Gasteiger partial charge in [0.2, 0.25) is 5.91 Å². The molecule has 1 fully saturated rings. The lowest BCUT2D eigenvalue weighted by atomic mass is 9.96. The van der Waals surface area contributed by atoms with Crippen molar-refractivity contribution >= 4 is 59.3 Å². The predicted molar refractivity (Wildman–Crippen MR) is 118 cm³/mol. The number of carbonyl (C=O) groups is 2. The van der Waals surface area contributed by atoms with Crippen molar-refractivity contribution in [2.45, 2.75) is 19.3 Å². The summed E-state index contributed by atoms with van der Waals surface area (Å²) in [6.45, 7) is 1.98. The number of primary amides is 1. The highest BCUT2D eigenvalue weighted by Gasteiger charge is 2.24. The third-order valence-electron chi connectivity index (χ3n) is 4.53. The number of hydrogen-bond donors (Lipinski definition) is 3. The average Bonchev–Trinajstić information content (AvgIpc) is 3.11. The summed E-state index contributed by atoms with van der Waals surface area (Å²) < 4.78 is 0. The van der Waals surface area contributed by atoms with Crippen LogP contribution in [-0.2, 0) is 11.2 Å². The van der Waals surface area contributed by atoms with Crippen LogP contribution >= 0.6 is 36.2 Å². The molecule has 28 heavy (non-hydrogen) atoms. The first-order chi connectivity index (χ1) is 12.6. The van der Waals surface area contributed by atoms with Gasteiger partial charge < -0.3 is 21.7 Å². The van der Waals surface area contributed by atoms with Gasteiger partial charge in [-0.05, 0) is 31.5 Å². The van der Waals surface area contributed by atoms with Crippen LogP contribution in [0, 0.1) is 5.92 Å². The molecule has 2 amide bonds. The monoisotopic (exact) mass is 445 g/mol. The van der Waals surface area contributed by atoms with Gasteiger partial charge >= 0.3 is 0 Å². The summed E-state index contributed by atoms with van der Waals surface area (Å²) in [6, 6.07) is 7.67. The summed E-state index contributed by atoms with van der Waals surface area (Å²) in [5.74, 6) is -0.531. The molecule has 1 aromatic carbocycles. The molecule has 0 unspecified atom stereocenters. The average molecular weight is 446 g/mol. The van der Waals surface area contributed by atoms with Crippen LogP contribution in [0.2, 0.25) is 0 Å². The fraction of sp³-hybridized carbons (Fsp3) is 0.389. The first kappa shape index (κ1) is 24.2. The second kappa shape index (κ2) is 11.2. The fourth-order valence-electron chi connectivity index (χ4n) is 3.10. The number of amides is 2. The van der Waals surface area contributed by atoms with E-state index in [0.29, 0.717) is 18.7 Å². The largest absolute Gasteiger partial charge is 0.370 e. The van der Waals surface area contributed by atoms with E-state index in [1.165, 1.54) is 11.3 Å². The summed E-state index contributed by atoms with van der Waals surface area (Å²) in [6.07, 6.45) is 2.13. The van der Waals surface area contributed by atoms with E-state index in [0.717, 1.165) is 42.3 Å². The van der Waals surface area contributed by atoms with Gasteiger partial charge in [0.05, 0.1) is 16.4 Å². The van der Waals surface area contributed by atoms with Gasteiger partial charge in [-0.1, -0.05) is 12.1 Å².